The first-order chi connectivity index (χ1) is 14.0. The second-order valence-corrected chi connectivity index (χ2v) is 7.94. The standard InChI is InChI=1S/C20H21FN4O3S/c1-20(13-2-4-14(21)5-3-13)16(19(26)27)15(12-25-7-9-28-10-8-25)23-17(24-20)18-22-6-11-29-18/h2-6,11H,7-10,12H2,1H3,(H,23,24)(H,26,27). The molecule has 1 fully saturated rings. The number of halogens is 1. The van der Waals surface area contributed by atoms with Crippen LogP contribution in [-0.4, -0.2) is 59.6 Å². The summed E-state index contributed by atoms with van der Waals surface area (Å²) >= 11 is 1.42. The van der Waals surface area contributed by atoms with Gasteiger partial charge in [-0.15, -0.1) is 11.3 Å². The van der Waals surface area contributed by atoms with Crippen molar-refractivity contribution < 1.29 is 19.0 Å². The fourth-order valence-corrected chi connectivity index (χ4v) is 4.25. The molecule has 0 aliphatic carbocycles. The van der Waals surface area contributed by atoms with Gasteiger partial charge in [-0.2, -0.15) is 0 Å². The van der Waals surface area contributed by atoms with Crippen LogP contribution in [0.5, 0.6) is 0 Å². The predicted molar refractivity (Wildman–Crippen MR) is 107 cm³/mol. The Kier molecular flexibility index (Phi) is 5.44. The summed E-state index contributed by atoms with van der Waals surface area (Å²) in [6.07, 6.45) is 1.68. The molecule has 1 unspecified atom stereocenters. The van der Waals surface area contributed by atoms with Crippen molar-refractivity contribution in [2.75, 3.05) is 32.8 Å². The number of ether oxygens (including phenoxy) is 1. The number of thiazole rings is 1. The third kappa shape index (κ3) is 3.93. The molecular formula is C20H21FN4O3S. The number of hydrogen-bond acceptors (Lipinski definition) is 7. The molecule has 3 heterocycles. The fourth-order valence-electron chi connectivity index (χ4n) is 3.67. The van der Waals surface area contributed by atoms with E-state index >= 15 is 0 Å². The van der Waals surface area contributed by atoms with Crippen molar-refractivity contribution in [3.05, 3.63) is 63.5 Å². The van der Waals surface area contributed by atoms with E-state index in [2.05, 4.69) is 15.2 Å². The van der Waals surface area contributed by atoms with Crippen molar-refractivity contribution in [3.8, 4) is 0 Å². The zero-order valence-corrected chi connectivity index (χ0v) is 16.7. The van der Waals surface area contributed by atoms with E-state index in [4.69, 9.17) is 9.73 Å². The first-order valence-electron chi connectivity index (χ1n) is 9.27. The molecule has 2 aromatic rings. The molecular weight excluding hydrogens is 395 g/mol. The van der Waals surface area contributed by atoms with Crippen LogP contribution in [0.3, 0.4) is 0 Å². The van der Waals surface area contributed by atoms with Gasteiger partial charge in [-0.1, -0.05) is 12.1 Å². The van der Waals surface area contributed by atoms with Crippen molar-refractivity contribution in [2.45, 2.75) is 12.5 Å². The van der Waals surface area contributed by atoms with Gasteiger partial charge in [0.1, 0.15) is 11.4 Å². The Hall–Kier alpha value is -2.62. The van der Waals surface area contributed by atoms with Crippen LogP contribution in [-0.2, 0) is 15.1 Å². The number of nitrogens with zero attached hydrogens (tertiary/aromatic N) is 3. The zero-order valence-electron chi connectivity index (χ0n) is 15.9. The minimum absolute atomic E-state index is 0.149. The van der Waals surface area contributed by atoms with Crippen LogP contribution in [0, 0.1) is 5.82 Å². The minimum atomic E-state index is -1.19. The van der Waals surface area contributed by atoms with Crippen LogP contribution in [0.15, 0.2) is 52.1 Å². The van der Waals surface area contributed by atoms with E-state index in [0.29, 0.717) is 41.9 Å². The number of carboxylic acid groups (broad SMARTS) is 1. The number of carboxylic acids is 1. The van der Waals surface area contributed by atoms with Crippen molar-refractivity contribution in [1.29, 1.82) is 0 Å². The van der Waals surface area contributed by atoms with Crippen molar-refractivity contribution in [2.24, 2.45) is 4.99 Å². The first-order valence-corrected chi connectivity index (χ1v) is 10.1. The summed E-state index contributed by atoms with van der Waals surface area (Å²) < 4.78 is 18.9. The smallest absolute Gasteiger partial charge is 0.336 e. The van der Waals surface area contributed by atoms with E-state index in [0.717, 1.165) is 13.1 Å². The maximum atomic E-state index is 13.5. The average molecular weight is 416 g/mol. The minimum Gasteiger partial charge on any atom is -0.478 e. The number of benzene rings is 1. The summed E-state index contributed by atoms with van der Waals surface area (Å²) in [7, 11) is 0. The number of aromatic nitrogens is 1. The summed E-state index contributed by atoms with van der Waals surface area (Å²) in [5, 5.41) is 15.8. The van der Waals surface area contributed by atoms with Gasteiger partial charge < -0.3 is 15.2 Å². The Morgan fingerprint density at radius 1 is 1.34 bits per heavy atom. The molecule has 0 radical (unpaired) electrons. The number of aliphatic carboxylic acids is 1. The summed E-state index contributed by atoms with van der Waals surface area (Å²) in [4.78, 5) is 23.6. The molecule has 29 heavy (non-hydrogen) atoms. The molecule has 1 aromatic carbocycles. The lowest BCUT2D eigenvalue weighted by atomic mass is 9.82. The number of amidine groups is 1. The summed E-state index contributed by atoms with van der Waals surface area (Å²) in [6.45, 7) is 4.82. The average Bonchev–Trinajstić information content (AvgIpc) is 3.23. The lowest BCUT2D eigenvalue weighted by Gasteiger charge is -2.36. The monoisotopic (exact) mass is 416 g/mol. The van der Waals surface area contributed by atoms with Crippen LogP contribution < -0.4 is 5.32 Å². The number of hydrogen-bond donors (Lipinski definition) is 2. The van der Waals surface area contributed by atoms with Gasteiger partial charge in [0.25, 0.3) is 0 Å². The molecule has 4 rings (SSSR count). The van der Waals surface area contributed by atoms with Gasteiger partial charge in [-0.05, 0) is 24.6 Å². The highest BCUT2D eigenvalue weighted by Crippen LogP contribution is 2.38. The number of aliphatic imine (C=N–C) groups is 1. The fraction of sp³-hybridized carbons (Fsp3) is 0.350. The molecule has 2 N–H and O–H groups in total. The maximum absolute atomic E-state index is 13.5. The van der Waals surface area contributed by atoms with E-state index in [9.17, 15) is 14.3 Å². The Morgan fingerprint density at radius 3 is 2.69 bits per heavy atom. The molecule has 0 spiro atoms. The number of carbonyl (C=O) groups is 1. The van der Waals surface area contributed by atoms with Gasteiger partial charge in [0.15, 0.2) is 10.8 Å². The van der Waals surface area contributed by atoms with Crippen LogP contribution in [0.4, 0.5) is 4.39 Å². The summed E-state index contributed by atoms with van der Waals surface area (Å²) in [6, 6.07) is 5.81. The maximum Gasteiger partial charge on any atom is 0.336 e. The highest BCUT2D eigenvalue weighted by atomic mass is 32.1. The molecule has 0 bridgehead atoms. The number of nitrogens with one attached hydrogen (secondary N) is 1. The molecule has 7 nitrogen and oxygen atoms in total. The lowest BCUT2D eigenvalue weighted by Crippen LogP contribution is -2.46. The topological polar surface area (TPSA) is 87.0 Å². The molecule has 1 aromatic heterocycles. The molecule has 1 atom stereocenters. The summed E-state index contributed by atoms with van der Waals surface area (Å²) in [5.74, 6) is -0.931. The molecule has 152 valence electrons. The van der Waals surface area contributed by atoms with Gasteiger partial charge in [0, 0.05) is 36.9 Å². The summed E-state index contributed by atoms with van der Waals surface area (Å²) in [5.41, 5.74) is 0.126. The van der Waals surface area contributed by atoms with E-state index in [1.54, 1.807) is 25.3 Å². The molecule has 1 saturated heterocycles. The SMILES string of the molecule is CC1(c2ccc(F)cc2)N=C(c2nccs2)NC(CN2CCOCC2)=C1C(=O)O. The van der Waals surface area contributed by atoms with Gasteiger partial charge in [-0.3, -0.25) is 4.90 Å². The zero-order chi connectivity index (χ0) is 20.4. The molecule has 0 saturated carbocycles. The van der Waals surface area contributed by atoms with Crippen LogP contribution in [0.2, 0.25) is 0 Å². The second kappa shape index (κ2) is 8.02. The molecule has 0 amide bonds. The van der Waals surface area contributed by atoms with Crippen molar-refractivity contribution >= 4 is 23.1 Å². The Bertz CT molecular complexity index is 953. The van der Waals surface area contributed by atoms with Crippen LogP contribution in [0.25, 0.3) is 0 Å². The van der Waals surface area contributed by atoms with Crippen LogP contribution in [0.1, 0.15) is 17.5 Å². The lowest BCUT2D eigenvalue weighted by molar-refractivity contribution is -0.133. The van der Waals surface area contributed by atoms with Gasteiger partial charge in [-0.25, -0.2) is 19.2 Å². The second-order valence-electron chi connectivity index (χ2n) is 7.05. The van der Waals surface area contributed by atoms with E-state index < -0.39 is 11.5 Å². The Balaban J connectivity index is 1.83. The highest BCUT2D eigenvalue weighted by Gasteiger charge is 2.42. The molecule has 2 aliphatic heterocycles. The van der Waals surface area contributed by atoms with Crippen molar-refractivity contribution in [3.63, 3.8) is 0 Å². The quantitative estimate of drug-likeness (QED) is 0.777. The van der Waals surface area contributed by atoms with Gasteiger partial charge in [0.05, 0.1) is 18.8 Å². The highest BCUT2D eigenvalue weighted by molar-refractivity contribution is 7.11. The van der Waals surface area contributed by atoms with Gasteiger partial charge >= 0.3 is 5.97 Å². The molecule has 2 aliphatic rings. The van der Waals surface area contributed by atoms with E-state index in [1.165, 1.54) is 23.5 Å². The normalized spacial score (nSPS) is 22.9. The third-order valence-electron chi connectivity index (χ3n) is 5.13. The van der Waals surface area contributed by atoms with Crippen molar-refractivity contribution in [1.82, 2.24) is 15.2 Å². The Morgan fingerprint density at radius 2 is 2.07 bits per heavy atom. The predicted octanol–water partition coefficient (Wildman–Crippen LogP) is 2.22. The number of rotatable bonds is 5. The van der Waals surface area contributed by atoms with Crippen LogP contribution >= 0.6 is 11.3 Å². The van der Waals surface area contributed by atoms with E-state index in [1.807, 2.05) is 5.38 Å². The van der Waals surface area contributed by atoms with E-state index in [-0.39, 0.29) is 11.4 Å². The largest absolute Gasteiger partial charge is 0.478 e. The van der Waals surface area contributed by atoms with Gasteiger partial charge in [0.2, 0.25) is 0 Å². The Labute approximate surface area is 171 Å². The molecule has 9 heteroatoms. The third-order valence-corrected chi connectivity index (χ3v) is 5.91. The number of morpholine rings is 1. The first kappa shape index (κ1) is 19.7.